The highest BCUT2D eigenvalue weighted by Crippen LogP contribution is 2.31. The first kappa shape index (κ1) is 12.4. The van der Waals surface area contributed by atoms with Gasteiger partial charge in [0.2, 0.25) is 0 Å². The smallest absolute Gasteiger partial charge is 0.124 e. The Kier molecular flexibility index (Phi) is 3.40. The summed E-state index contributed by atoms with van der Waals surface area (Å²) in [6.07, 6.45) is 0.0814. The van der Waals surface area contributed by atoms with Crippen LogP contribution >= 0.6 is 0 Å². The van der Waals surface area contributed by atoms with Crippen molar-refractivity contribution in [3.05, 3.63) is 29.3 Å². The van der Waals surface area contributed by atoms with Gasteiger partial charge < -0.3 is 14.8 Å². The van der Waals surface area contributed by atoms with Crippen LogP contribution in [0.3, 0.4) is 0 Å². The summed E-state index contributed by atoms with van der Waals surface area (Å²) in [5.74, 6) is 0.905. The van der Waals surface area contributed by atoms with Crippen molar-refractivity contribution in [2.45, 2.75) is 32.4 Å². The van der Waals surface area contributed by atoms with Crippen LogP contribution in [0, 0.1) is 6.92 Å². The van der Waals surface area contributed by atoms with Crippen molar-refractivity contribution >= 4 is 0 Å². The number of ether oxygens (including phenoxy) is 2. The molecule has 3 heteroatoms. The van der Waals surface area contributed by atoms with Crippen molar-refractivity contribution in [1.82, 2.24) is 5.32 Å². The van der Waals surface area contributed by atoms with Crippen molar-refractivity contribution in [1.29, 1.82) is 0 Å². The van der Waals surface area contributed by atoms with E-state index in [2.05, 4.69) is 38.2 Å². The van der Waals surface area contributed by atoms with Crippen LogP contribution in [0.15, 0.2) is 18.2 Å². The zero-order valence-corrected chi connectivity index (χ0v) is 11.0. The minimum atomic E-state index is 0.0631. The second kappa shape index (κ2) is 4.67. The third-order valence-corrected chi connectivity index (χ3v) is 3.14. The van der Waals surface area contributed by atoms with Gasteiger partial charge in [-0.15, -0.1) is 0 Å². The lowest BCUT2D eigenvalue weighted by molar-refractivity contribution is -0.0238. The van der Waals surface area contributed by atoms with Gasteiger partial charge in [-0.05, 0) is 32.9 Å². The number of methoxy groups -OCH3 is 1. The van der Waals surface area contributed by atoms with E-state index in [4.69, 9.17) is 9.47 Å². The molecule has 1 aromatic carbocycles. The molecule has 0 amide bonds. The van der Waals surface area contributed by atoms with Crippen LogP contribution < -0.4 is 10.1 Å². The monoisotopic (exact) mass is 235 g/mol. The Hall–Kier alpha value is -1.06. The molecule has 1 aliphatic rings. The summed E-state index contributed by atoms with van der Waals surface area (Å²) in [5.41, 5.74) is 2.43. The van der Waals surface area contributed by atoms with Crippen molar-refractivity contribution in [2.75, 3.05) is 20.3 Å². The Morgan fingerprint density at radius 1 is 1.41 bits per heavy atom. The first-order valence-corrected chi connectivity index (χ1v) is 6.03. The molecular formula is C14H21NO2. The largest absolute Gasteiger partial charge is 0.496 e. The molecule has 0 aromatic heterocycles. The van der Waals surface area contributed by atoms with E-state index in [9.17, 15) is 0 Å². The summed E-state index contributed by atoms with van der Waals surface area (Å²) >= 11 is 0. The van der Waals surface area contributed by atoms with Crippen LogP contribution in [0.4, 0.5) is 0 Å². The van der Waals surface area contributed by atoms with Crippen LogP contribution in [-0.4, -0.2) is 25.8 Å². The molecule has 0 aliphatic carbocycles. The Balaban J connectivity index is 2.20. The number of benzene rings is 1. The molecule has 1 fully saturated rings. The van der Waals surface area contributed by atoms with Crippen LogP contribution in [0.2, 0.25) is 0 Å². The maximum atomic E-state index is 5.93. The number of hydrogen-bond acceptors (Lipinski definition) is 3. The predicted molar refractivity (Wildman–Crippen MR) is 68.5 cm³/mol. The van der Waals surface area contributed by atoms with Crippen molar-refractivity contribution in [3.63, 3.8) is 0 Å². The maximum absolute atomic E-state index is 5.93. The predicted octanol–water partition coefficient (Wildman–Crippen LogP) is 2.44. The molecule has 94 valence electrons. The highest BCUT2D eigenvalue weighted by molar-refractivity contribution is 5.39. The van der Waals surface area contributed by atoms with Crippen LogP contribution in [0.25, 0.3) is 0 Å². The molecule has 1 heterocycles. The van der Waals surface area contributed by atoms with Crippen LogP contribution in [0.1, 0.15) is 31.1 Å². The Morgan fingerprint density at radius 3 is 2.76 bits per heavy atom. The molecule has 1 unspecified atom stereocenters. The van der Waals surface area contributed by atoms with E-state index >= 15 is 0 Å². The summed E-state index contributed by atoms with van der Waals surface area (Å²) in [6, 6.07) is 6.21. The zero-order chi connectivity index (χ0) is 12.5. The van der Waals surface area contributed by atoms with E-state index in [1.165, 1.54) is 5.56 Å². The molecule has 0 radical (unpaired) electrons. The minimum Gasteiger partial charge on any atom is -0.496 e. The number of morpholine rings is 1. The fourth-order valence-electron chi connectivity index (χ4n) is 2.09. The summed E-state index contributed by atoms with van der Waals surface area (Å²) in [7, 11) is 1.70. The second-order valence-electron chi connectivity index (χ2n) is 5.31. The standard InChI is InChI=1S/C14H21NO2/c1-10-5-6-12(16-4)11(7-10)13-8-15-14(2,3)9-17-13/h5-7,13,15H,8-9H2,1-4H3. The summed E-state index contributed by atoms with van der Waals surface area (Å²) < 4.78 is 11.3. The first-order chi connectivity index (χ1) is 8.02. The average Bonchev–Trinajstić information content (AvgIpc) is 2.29. The van der Waals surface area contributed by atoms with E-state index in [-0.39, 0.29) is 11.6 Å². The average molecular weight is 235 g/mol. The molecule has 17 heavy (non-hydrogen) atoms. The molecule has 1 aliphatic heterocycles. The SMILES string of the molecule is COc1ccc(C)cc1C1CNC(C)(C)CO1. The van der Waals surface area contributed by atoms with Gasteiger partial charge in [0.05, 0.1) is 19.8 Å². The third kappa shape index (κ3) is 2.79. The number of aryl methyl sites for hydroxylation is 1. The summed E-state index contributed by atoms with van der Waals surface area (Å²) in [5, 5.41) is 3.50. The molecular weight excluding hydrogens is 214 g/mol. The summed E-state index contributed by atoms with van der Waals surface area (Å²) in [4.78, 5) is 0. The van der Waals surface area contributed by atoms with Gasteiger partial charge in [0, 0.05) is 17.6 Å². The van der Waals surface area contributed by atoms with E-state index < -0.39 is 0 Å². The van der Waals surface area contributed by atoms with Gasteiger partial charge in [0.15, 0.2) is 0 Å². The van der Waals surface area contributed by atoms with Crippen LogP contribution in [-0.2, 0) is 4.74 Å². The van der Waals surface area contributed by atoms with Gasteiger partial charge in [0.25, 0.3) is 0 Å². The summed E-state index contributed by atoms with van der Waals surface area (Å²) in [6.45, 7) is 7.93. The fraction of sp³-hybridized carbons (Fsp3) is 0.571. The van der Waals surface area contributed by atoms with Gasteiger partial charge in [-0.25, -0.2) is 0 Å². The highest BCUT2D eigenvalue weighted by Gasteiger charge is 2.29. The normalized spacial score (nSPS) is 23.4. The molecule has 1 aromatic rings. The molecule has 1 saturated heterocycles. The first-order valence-electron chi connectivity index (χ1n) is 6.03. The maximum Gasteiger partial charge on any atom is 0.124 e. The van der Waals surface area contributed by atoms with Gasteiger partial charge in [-0.1, -0.05) is 11.6 Å². The lowest BCUT2D eigenvalue weighted by Gasteiger charge is -2.36. The zero-order valence-electron chi connectivity index (χ0n) is 11.0. The number of rotatable bonds is 2. The van der Waals surface area contributed by atoms with Gasteiger partial charge in [0.1, 0.15) is 5.75 Å². The Morgan fingerprint density at radius 2 is 2.18 bits per heavy atom. The van der Waals surface area contributed by atoms with Gasteiger partial charge >= 0.3 is 0 Å². The Bertz CT molecular complexity index is 391. The van der Waals surface area contributed by atoms with E-state index in [1.807, 2.05) is 6.07 Å². The van der Waals surface area contributed by atoms with E-state index in [1.54, 1.807) is 7.11 Å². The number of hydrogen-bond donors (Lipinski definition) is 1. The molecule has 1 atom stereocenters. The van der Waals surface area contributed by atoms with Gasteiger partial charge in [-0.3, -0.25) is 0 Å². The molecule has 0 bridgehead atoms. The topological polar surface area (TPSA) is 30.5 Å². The second-order valence-corrected chi connectivity index (χ2v) is 5.31. The van der Waals surface area contributed by atoms with E-state index in [0.717, 1.165) is 24.5 Å². The lowest BCUT2D eigenvalue weighted by Crippen LogP contribution is -2.50. The fourth-order valence-corrected chi connectivity index (χ4v) is 2.09. The van der Waals surface area contributed by atoms with Crippen molar-refractivity contribution in [3.8, 4) is 5.75 Å². The third-order valence-electron chi connectivity index (χ3n) is 3.14. The van der Waals surface area contributed by atoms with Crippen molar-refractivity contribution < 1.29 is 9.47 Å². The van der Waals surface area contributed by atoms with E-state index in [0.29, 0.717) is 0 Å². The number of nitrogens with one attached hydrogen (secondary N) is 1. The Labute approximate surface area is 103 Å². The molecule has 1 N–H and O–H groups in total. The van der Waals surface area contributed by atoms with Crippen LogP contribution in [0.5, 0.6) is 5.75 Å². The quantitative estimate of drug-likeness (QED) is 0.854. The molecule has 0 spiro atoms. The molecule has 2 rings (SSSR count). The van der Waals surface area contributed by atoms with Crippen molar-refractivity contribution in [2.24, 2.45) is 0 Å². The molecule has 3 nitrogen and oxygen atoms in total. The highest BCUT2D eigenvalue weighted by atomic mass is 16.5. The van der Waals surface area contributed by atoms with Gasteiger partial charge in [-0.2, -0.15) is 0 Å². The lowest BCUT2D eigenvalue weighted by atomic mass is 10.00. The molecule has 0 saturated carbocycles. The minimum absolute atomic E-state index is 0.0631.